The number of aromatic nitrogens is 2. The van der Waals surface area contributed by atoms with Gasteiger partial charge in [0.1, 0.15) is 5.82 Å². The van der Waals surface area contributed by atoms with Crippen LogP contribution in [0.4, 0.5) is 11.8 Å². The Bertz CT molecular complexity index is 561. The molecule has 1 aromatic rings. The Morgan fingerprint density at radius 1 is 1.09 bits per heavy atom. The van der Waals surface area contributed by atoms with Gasteiger partial charge in [0.05, 0.1) is 11.7 Å². The second-order valence-corrected chi connectivity index (χ2v) is 6.60. The molecule has 7 nitrogen and oxygen atoms in total. The minimum atomic E-state index is -0.518. The van der Waals surface area contributed by atoms with E-state index >= 15 is 0 Å². The lowest BCUT2D eigenvalue weighted by atomic mass is 9.93. The number of nitrogens with two attached hydrogens (primary N) is 1. The summed E-state index contributed by atoms with van der Waals surface area (Å²) in [5.41, 5.74) is 5.75. The highest BCUT2D eigenvalue weighted by atomic mass is 16.3. The zero-order chi connectivity index (χ0) is 16.2. The summed E-state index contributed by atoms with van der Waals surface area (Å²) in [4.78, 5) is 20.2. The Kier molecular flexibility index (Phi) is 4.95. The Labute approximate surface area is 136 Å². The van der Waals surface area contributed by atoms with Crippen molar-refractivity contribution in [3.63, 3.8) is 0 Å². The van der Waals surface area contributed by atoms with Crippen molar-refractivity contribution >= 4 is 17.7 Å². The van der Waals surface area contributed by atoms with E-state index in [1.807, 2.05) is 0 Å². The highest BCUT2D eigenvalue weighted by Gasteiger charge is 2.22. The van der Waals surface area contributed by atoms with Gasteiger partial charge in [-0.3, -0.25) is 4.79 Å². The predicted molar refractivity (Wildman–Crippen MR) is 88.3 cm³/mol. The van der Waals surface area contributed by atoms with Crippen LogP contribution in [0, 0.1) is 0 Å². The molecule has 0 spiro atoms. The Hall–Kier alpha value is -1.89. The largest absolute Gasteiger partial charge is 0.393 e. The summed E-state index contributed by atoms with van der Waals surface area (Å²) in [7, 11) is 0. The second-order valence-electron chi connectivity index (χ2n) is 6.60. The number of carbonyl (C=O) groups is 1. The number of anilines is 2. The summed E-state index contributed by atoms with van der Waals surface area (Å²) in [5.74, 6) is 0.516. The van der Waals surface area contributed by atoms with E-state index in [4.69, 9.17) is 5.73 Å². The van der Waals surface area contributed by atoms with Gasteiger partial charge in [-0.15, -0.1) is 0 Å². The van der Waals surface area contributed by atoms with E-state index in [0.29, 0.717) is 23.4 Å². The van der Waals surface area contributed by atoms with Crippen LogP contribution in [0.15, 0.2) is 6.20 Å². The molecule has 0 radical (unpaired) electrons. The number of primary amides is 1. The number of hydrogen-bond donors (Lipinski definition) is 4. The fourth-order valence-corrected chi connectivity index (χ4v) is 3.10. The van der Waals surface area contributed by atoms with Crippen molar-refractivity contribution in [1.29, 1.82) is 0 Å². The van der Waals surface area contributed by atoms with Crippen LogP contribution in [0.25, 0.3) is 0 Å². The Morgan fingerprint density at radius 3 is 2.48 bits per heavy atom. The SMILES string of the molecule is NC(=O)c1cnc(NC2CCCC(O)CC2)nc1NC1CCC1. The lowest BCUT2D eigenvalue weighted by Crippen LogP contribution is -2.30. The predicted octanol–water partition coefficient (Wildman–Crippen LogP) is 1.65. The topological polar surface area (TPSA) is 113 Å². The van der Waals surface area contributed by atoms with Gasteiger partial charge >= 0.3 is 0 Å². The minimum Gasteiger partial charge on any atom is -0.393 e. The summed E-state index contributed by atoms with van der Waals surface area (Å²) >= 11 is 0. The van der Waals surface area contributed by atoms with Gasteiger partial charge in [0.15, 0.2) is 0 Å². The molecule has 2 fully saturated rings. The Balaban J connectivity index is 1.71. The molecule has 126 valence electrons. The summed E-state index contributed by atoms with van der Waals surface area (Å²) in [6.07, 6.45) is 9.20. The van der Waals surface area contributed by atoms with E-state index in [2.05, 4.69) is 20.6 Å². The average molecular weight is 319 g/mol. The summed E-state index contributed by atoms with van der Waals surface area (Å²) in [5, 5.41) is 16.4. The smallest absolute Gasteiger partial charge is 0.254 e. The van der Waals surface area contributed by atoms with Crippen LogP contribution in [0.1, 0.15) is 61.7 Å². The first-order chi connectivity index (χ1) is 11.1. The molecular formula is C16H25N5O2. The lowest BCUT2D eigenvalue weighted by molar-refractivity contribution is 0.100. The van der Waals surface area contributed by atoms with Gasteiger partial charge in [0, 0.05) is 18.3 Å². The number of carbonyl (C=O) groups excluding carboxylic acids is 1. The lowest BCUT2D eigenvalue weighted by Gasteiger charge is -2.27. The van der Waals surface area contributed by atoms with Gasteiger partial charge < -0.3 is 21.5 Å². The maximum absolute atomic E-state index is 11.5. The third-order valence-electron chi connectivity index (χ3n) is 4.77. The molecule has 0 aliphatic heterocycles. The molecule has 7 heteroatoms. The molecule has 1 amide bonds. The first kappa shape index (κ1) is 16.0. The third kappa shape index (κ3) is 4.10. The van der Waals surface area contributed by atoms with E-state index in [1.54, 1.807) is 0 Å². The number of hydrogen-bond acceptors (Lipinski definition) is 6. The number of rotatable bonds is 5. The zero-order valence-electron chi connectivity index (χ0n) is 13.3. The number of nitrogens with zero attached hydrogens (tertiary/aromatic N) is 2. The number of aliphatic hydroxyl groups excluding tert-OH is 1. The molecule has 0 aromatic carbocycles. The van der Waals surface area contributed by atoms with Crippen LogP contribution >= 0.6 is 0 Å². The first-order valence-corrected chi connectivity index (χ1v) is 8.50. The first-order valence-electron chi connectivity index (χ1n) is 8.50. The molecule has 1 heterocycles. The number of nitrogens with one attached hydrogen (secondary N) is 2. The van der Waals surface area contributed by atoms with Gasteiger partial charge in [-0.25, -0.2) is 4.98 Å². The molecule has 2 aliphatic rings. The van der Waals surface area contributed by atoms with Gasteiger partial charge in [-0.05, 0) is 51.4 Å². The fourth-order valence-electron chi connectivity index (χ4n) is 3.10. The van der Waals surface area contributed by atoms with Crippen LogP contribution in [-0.4, -0.2) is 39.2 Å². The normalized spacial score (nSPS) is 25.3. The van der Waals surface area contributed by atoms with Crippen molar-refractivity contribution in [1.82, 2.24) is 9.97 Å². The molecular weight excluding hydrogens is 294 g/mol. The number of aliphatic hydroxyl groups is 1. The van der Waals surface area contributed by atoms with Crippen molar-refractivity contribution in [2.24, 2.45) is 5.73 Å². The van der Waals surface area contributed by atoms with Crippen LogP contribution < -0.4 is 16.4 Å². The van der Waals surface area contributed by atoms with Crippen molar-refractivity contribution in [3.05, 3.63) is 11.8 Å². The van der Waals surface area contributed by atoms with E-state index in [1.165, 1.54) is 12.6 Å². The second kappa shape index (κ2) is 7.12. The summed E-state index contributed by atoms with van der Waals surface area (Å²) < 4.78 is 0. The van der Waals surface area contributed by atoms with Crippen LogP contribution in [-0.2, 0) is 0 Å². The van der Waals surface area contributed by atoms with Crippen molar-refractivity contribution in [3.8, 4) is 0 Å². The van der Waals surface area contributed by atoms with Gasteiger partial charge in [-0.1, -0.05) is 0 Å². The van der Waals surface area contributed by atoms with Gasteiger partial charge in [-0.2, -0.15) is 4.98 Å². The highest BCUT2D eigenvalue weighted by molar-refractivity contribution is 5.97. The standard InChI is InChI=1S/C16H25N5O2/c17-14(23)13-9-18-16(21-15(13)19-10-3-1-4-10)20-11-5-2-6-12(22)8-7-11/h9-12,22H,1-8H2,(H2,17,23)(H2,18,19,20,21). The van der Waals surface area contributed by atoms with E-state index < -0.39 is 5.91 Å². The summed E-state index contributed by atoms with van der Waals surface area (Å²) in [6, 6.07) is 0.618. The highest BCUT2D eigenvalue weighted by Crippen LogP contribution is 2.25. The molecule has 2 atom stereocenters. The third-order valence-corrected chi connectivity index (χ3v) is 4.77. The van der Waals surface area contributed by atoms with Crippen LogP contribution in [0.2, 0.25) is 0 Å². The molecule has 0 bridgehead atoms. The minimum absolute atomic E-state index is 0.198. The van der Waals surface area contributed by atoms with Gasteiger partial charge in [0.25, 0.3) is 5.91 Å². The van der Waals surface area contributed by atoms with E-state index in [0.717, 1.165) is 44.9 Å². The monoisotopic (exact) mass is 319 g/mol. The Morgan fingerprint density at radius 2 is 1.78 bits per heavy atom. The average Bonchev–Trinajstić information content (AvgIpc) is 2.68. The number of amides is 1. The maximum Gasteiger partial charge on any atom is 0.254 e. The van der Waals surface area contributed by atoms with Crippen molar-refractivity contribution < 1.29 is 9.90 Å². The summed E-state index contributed by atoms with van der Waals surface area (Å²) in [6.45, 7) is 0. The fraction of sp³-hybridized carbons (Fsp3) is 0.688. The molecule has 1 aromatic heterocycles. The molecule has 2 saturated carbocycles. The molecule has 2 aliphatic carbocycles. The maximum atomic E-state index is 11.5. The van der Waals surface area contributed by atoms with Gasteiger partial charge in [0.2, 0.25) is 5.95 Å². The molecule has 2 unspecified atom stereocenters. The quantitative estimate of drug-likeness (QED) is 0.614. The van der Waals surface area contributed by atoms with E-state index in [-0.39, 0.29) is 12.1 Å². The zero-order valence-corrected chi connectivity index (χ0v) is 13.3. The van der Waals surface area contributed by atoms with E-state index in [9.17, 15) is 9.90 Å². The van der Waals surface area contributed by atoms with Crippen molar-refractivity contribution in [2.45, 2.75) is 69.6 Å². The molecule has 0 saturated heterocycles. The molecule has 23 heavy (non-hydrogen) atoms. The van der Waals surface area contributed by atoms with Crippen molar-refractivity contribution in [2.75, 3.05) is 10.6 Å². The van der Waals surface area contributed by atoms with Crippen LogP contribution in [0.3, 0.4) is 0 Å². The molecule has 5 N–H and O–H groups in total. The van der Waals surface area contributed by atoms with Crippen LogP contribution in [0.5, 0.6) is 0 Å². The molecule has 3 rings (SSSR count).